The number of halogens is 1. The quantitative estimate of drug-likeness (QED) is 0.254. The van der Waals surface area contributed by atoms with E-state index in [1.54, 1.807) is 11.3 Å². The second kappa shape index (κ2) is 8.08. The number of thiophene rings is 1. The fraction of sp³-hybridized carbons (Fsp3) is 0.0741. The lowest BCUT2D eigenvalue weighted by Crippen LogP contribution is -2.03. The zero-order chi connectivity index (χ0) is 21.5. The highest BCUT2D eigenvalue weighted by Gasteiger charge is 2.17. The molecule has 3 nitrogen and oxygen atoms in total. The highest BCUT2D eigenvalue weighted by atomic mass is 79.9. The van der Waals surface area contributed by atoms with Crippen molar-refractivity contribution >= 4 is 53.0 Å². The van der Waals surface area contributed by atoms with E-state index in [9.17, 15) is 0 Å². The summed E-state index contributed by atoms with van der Waals surface area (Å²) < 4.78 is 3.56. The van der Waals surface area contributed by atoms with Crippen molar-refractivity contribution in [3.8, 4) is 22.8 Å². The van der Waals surface area contributed by atoms with Gasteiger partial charge in [0.1, 0.15) is 0 Å². The van der Waals surface area contributed by atoms with Crippen molar-refractivity contribution in [1.82, 2.24) is 15.0 Å². The molecular weight excluding hydrogens is 478 g/mol. The minimum Gasteiger partial charge on any atom is -0.208 e. The number of hydrogen-bond donors (Lipinski definition) is 0. The van der Waals surface area contributed by atoms with Gasteiger partial charge in [-0.3, -0.25) is 0 Å². The molecular formula is C27H18BrN3S. The summed E-state index contributed by atoms with van der Waals surface area (Å²) in [6.45, 7) is 0. The third kappa shape index (κ3) is 3.48. The molecule has 0 saturated heterocycles. The average molecular weight is 496 g/mol. The number of fused-ring (bicyclic) bond motifs is 3. The van der Waals surface area contributed by atoms with E-state index in [0.717, 1.165) is 39.8 Å². The van der Waals surface area contributed by atoms with Crippen LogP contribution in [0.4, 0.5) is 0 Å². The Hall–Kier alpha value is -3.15. The molecule has 5 aromatic rings. The van der Waals surface area contributed by atoms with Gasteiger partial charge in [-0.15, -0.1) is 11.3 Å². The van der Waals surface area contributed by atoms with Crippen LogP contribution in [-0.4, -0.2) is 15.0 Å². The second-order valence-electron chi connectivity index (χ2n) is 7.73. The van der Waals surface area contributed by atoms with Gasteiger partial charge >= 0.3 is 0 Å². The average Bonchev–Trinajstić information content (AvgIpc) is 3.23. The summed E-state index contributed by atoms with van der Waals surface area (Å²) in [5.41, 5.74) is 3.08. The zero-order valence-electron chi connectivity index (χ0n) is 17.1. The third-order valence-corrected chi connectivity index (χ3v) is 7.25. The molecule has 0 spiro atoms. The Bertz CT molecular complexity index is 1530. The summed E-state index contributed by atoms with van der Waals surface area (Å²) in [7, 11) is 0. The first kappa shape index (κ1) is 19.5. The maximum atomic E-state index is 4.96. The van der Waals surface area contributed by atoms with Crippen LogP contribution in [0.5, 0.6) is 0 Å². The summed E-state index contributed by atoms with van der Waals surface area (Å²) in [6.07, 6.45) is 8.58. The van der Waals surface area contributed by atoms with E-state index in [1.807, 2.05) is 30.3 Å². The zero-order valence-corrected chi connectivity index (χ0v) is 19.5. The molecule has 1 aliphatic carbocycles. The van der Waals surface area contributed by atoms with E-state index in [-0.39, 0.29) is 0 Å². The molecule has 0 aliphatic heterocycles. The number of allylic oxidation sites excluding steroid dienone is 4. The van der Waals surface area contributed by atoms with Gasteiger partial charge < -0.3 is 0 Å². The Balaban J connectivity index is 1.64. The van der Waals surface area contributed by atoms with Crippen molar-refractivity contribution in [2.24, 2.45) is 0 Å². The van der Waals surface area contributed by atoms with Crippen molar-refractivity contribution in [2.75, 3.05) is 0 Å². The molecule has 0 saturated carbocycles. The van der Waals surface area contributed by atoms with Gasteiger partial charge in [0.15, 0.2) is 17.5 Å². The van der Waals surface area contributed by atoms with Gasteiger partial charge in [-0.25, -0.2) is 15.0 Å². The minimum atomic E-state index is 0.697. The van der Waals surface area contributed by atoms with Gasteiger partial charge in [0, 0.05) is 41.3 Å². The molecule has 0 fully saturated rings. The van der Waals surface area contributed by atoms with Gasteiger partial charge in [0.2, 0.25) is 0 Å². The second-order valence-corrected chi connectivity index (χ2v) is 9.73. The molecule has 5 heteroatoms. The van der Waals surface area contributed by atoms with Crippen LogP contribution in [0.2, 0.25) is 0 Å². The van der Waals surface area contributed by atoms with Crippen LogP contribution in [-0.2, 0) is 0 Å². The summed E-state index contributed by atoms with van der Waals surface area (Å²) >= 11 is 5.44. The molecule has 0 radical (unpaired) electrons. The fourth-order valence-corrected chi connectivity index (χ4v) is 5.58. The van der Waals surface area contributed by atoms with Crippen LogP contribution < -0.4 is 0 Å². The molecule has 0 N–H and O–H groups in total. The lowest BCUT2D eigenvalue weighted by Gasteiger charge is -2.11. The molecule has 0 atom stereocenters. The Labute approximate surface area is 198 Å². The first-order chi connectivity index (χ1) is 15.8. The highest BCUT2D eigenvalue weighted by Crippen LogP contribution is 2.40. The first-order valence-electron chi connectivity index (χ1n) is 10.6. The molecule has 2 heterocycles. The SMILES string of the molecule is Brc1ccc2sc3cccc(-c4nc(C5=CCCC=C5)nc(-c5ccccc5)n4)c3c2c1. The van der Waals surface area contributed by atoms with Gasteiger partial charge in [0.05, 0.1) is 0 Å². The van der Waals surface area contributed by atoms with Crippen molar-refractivity contribution in [1.29, 1.82) is 0 Å². The molecule has 154 valence electrons. The van der Waals surface area contributed by atoms with Crippen molar-refractivity contribution in [3.63, 3.8) is 0 Å². The van der Waals surface area contributed by atoms with Crippen molar-refractivity contribution in [3.05, 3.63) is 95.3 Å². The van der Waals surface area contributed by atoms with Crippen LogP contribution in [0, 0.1) is 0 Å². The van der Waals surface area contributed by atoms with Crippen LogP contribution in [0.15, 0.2) is 89.4 Å². The Kier molecular flexibility index (Phi) is 4.93. The number of hydrogen-bond acceptors (Lipinski definition) is 4. The molecule has 1 aliphatic rings. The number of benzene rings is 3. The minimum absolute atomic E-state index is 0.697. The maximum absolute atomic E-state index is 4.96. The molecule has 32 heavy (non-hydrogen) atoms. The standard InChI is InChI=1S/C27H18BrN3S/c28-19-14-15-22-21(16-19)24-20(12-7-13-23(24)32-22)27-30-25(17-8-3-1-4-9-17)29-26(31-27)18-10-5-2-6-11-18/h1,3-5,7-16H,2,6H2. The lowest BCUT2D eigenvalue weighted by atomic mass is 10.0. The van der Waals surface area contributed by atoms with Crippen LogP contribution in [0.1, 0.15) is 18.7 Å². The predicted molar refractivity (Wildman–Crippen MR) is 138 cm³/mol. The van der Waals surface area contributed by atoms with Gasteiger partial charge in [0.25, 0.3) is 0 Å². The van der Waals surface area contributed by atoms with Gasteiger partial charge in [-0.05, 0) is 37.1 Å². The van der Waals surface area contributed by atoms with Gasteiger partial charge in [-0.2, -0.15) is 0 Å². The maximum Gasteiger partial charge on any atom is 0.164 e. The third-order valence-electron chi connectivity index (χ3n) is 5.62. The monoisotopic (exact) mass is 495 g/mol. The molecule has 6 rings (SSSR count). The normalized spacial score (nSPS) is 13.6. The van der Waals surface area contributed by atoms with E-state index in [4.69, 9.17) is 15.0 Å². The van der Waals surface area contributed by atoms with Gasteiger partial charge in [-0.1, -0.05) is 76.6 Å². The molecule has 2 aromatic heterocycles. The van der Waals surface area contributed by atoms with Crippen LogP contribution in [0.25, 0.3) is 48.5 Å². The molecule has 0 amide bonds. The number of rotatable bonds is 3. The van der Waals surface area contributed by atoms with E-state index in [0.29, 0.717) is 11.6 Å². The number of nitrogens with zero attached hydrogens (tertiary/aromatic N) is 3. The van der Waals surface area contributed by atoms with E-state index in [1.165, 1.54) is 20.2 Å². The Morgan fingerprint density at radius 2 is 1.59 bits per heavy atom. The van der Waals surface area contributed by atoms with E-state index < -0.39 is 0 Å². The molecule has 0 unspecified atom stereocenters. The predicted octanol–water partition coefficient (Wildman–Crippen LogP) is 8.07. The summed E-state index contributed by atoms with van der Waals surface area (Å²) in [5, 5.41) is 2.41. The summed E-state index contributed by atoms with van der Waals surface area (Å²) in [6, 6.07) is 23.0. The van der Waals surface area contributed by atoms with E-state index in [2.05, 4.69) is 70.6 Å². The highest BCUT2D eigenvalue weighted by molar-refractivity contribution is 9.10. The van der Waals surface area contributed by atoms with Crippen LogP contribution >= 0.6 is 27.3 Å². The van der Waals surface area contributed by atoms with Crippen molar-refractivity contribution < 1.29 is 0 Å². The molecule has 0 bridgehead atoms. The smallest absolute Gasteiger partial charge is 0.164 e. The Morgan fingerprint density at radius 3 is 2.44 bits per heavy atom. The number of aromatic nitrogens is 3. The Morgan fingerprint density at radius 1 is 0.750 bits per heavy atom. The van der Waals surface area contributed by atoms with Crippen molar-refractivity contribution in [2.45, 2.75) is 12.8 Å². The largest absolute Gasteiger partial charge is 0.208 e. The summed E-state index contributed by atoms with van der Waals surface area (Å²) in [4.78, 5) is 14.8. The van der Waals surface area contributed by atoms with E-state index >= 15 is 0 Å². The lowest BCUT2D eigenvalue weighted by molar-refractivity contribution is 1.01. The first-order valence-corrected chi connectivity index (χ1v) is 12.2. The topological polar surface area (TPSA) is 38.7 Å². The fourth-order valence-electron chi connectivity index (χ4n) is 4.11. The molecule has 3 aromatic carbocycles. The summed E-state index contributed by atoms with van der Waals surface area (Å²) in [5.74, 6) is 2.13. The van der Waals surface area contributed by atoms with Crippen LogP contribution in [0.3, 0.4) is 0 Å².